The van der Waals surface area contributed by atoms with E-state index in [-0.39, 0.29) is 24.1 Å². The molecule has 4 aromatic rings. The molecule has 0 bridgehead atoms. The van der Waals surface area contributed by atoms with Gasteiger partial charge in [-0.05, 0) is 84.8 Å². The van der Waals surface area contributed by atoms with Crippen LogP contribution in [0.3, 0.4) is 0 Å². The van der Waals surface area contributed by atoms with Gasteiger partial charge in [0.1, 0.15) is 5.82 Å². The van der Waals surface area contributed by atoms with E-state index < -0.39 is 0 Å². The number of anilines is 3. The lowest BCUT2D eigenvalue weighted by atomic mass is 9.90. The zero-order valence-electron chi connectivity index (χ0n) is 26.3. The third-order valence-corrected chi connectivity index (χ3v) is 9.08. The minimum absolute atomic E-state index is 0.105. The zero-order valence-corrected chi connectivity index (χ0v) is 26.3. The van der Waals surface area contributed by atoms with Gasteiger partial charge in [-0.15, -0.1) is 0 Å². The Bertz CT molecular complexity index is 1620. The molecule has 2 aliphatic rings. The van der Waals surface area contributed by atoms with E-state index in [1.54, 1.807) is 0 Å². The van der Waals surface area contributed by atoms with E-state index in [2.05, 4.69) is 50.4 Å². The number of nitrogens with zero attached hydrogens (tertiary/aromatic N) is 4. The second kappa shape index (κ2) is 14.5. The Morgan fingerprint density at radius 3 is 2.28 bits per heavy atom. The maximum absolute atomic E-state index is 13.4. The molecular formula is C37H42N6O3. The highest BCUT2D eigenvalue weighted by Gasteiger charge is 2.29. The van der Waals surface area contributed by atoms with Gasteiger partial charge in [0.15, 0.2) is 0 Å². The van der Waals surface area contributed by atoms with E-state index in [1.165, 1.54) is 7.11 Å². The van der Waals surface area contributed by atoms with E-state index >= 15 is 0 Å². The van der Waals surface area contributed by atoms with Crippen molar-refractivity contribution < 1.29 is 14.3 Å². The van der Waals surface area contributed by atoms with Gasteiger partial charge in [-0.1, -0.05) is 48.5 Å². The molecule has 1 aliphatic carbocycles. The molecule has 3 N–H and O–H groups in total. The number of hydrogen-bond acceptors (Lipinski definition) is 7. The number of piperazine rings is 1. The smallest absolute Gasteiger partial charge is 0.410 e. The lowest BCUT2D eigenvalue weighted by molar-refractivity contribution is 0.0879. The van der Waals surface area contributed by atoms with E-state index in [0.29, 0.717) is 12.1 Å². The number of hydrogen-bond donors (Lipinski definition) is 2. The monoisotopic (exact) mass is 618 g/mol. The van der Waals surface area contributed by atoms with Gasteiger partial charge in [-0.25, -0.2) is 9.78 Å². The van der Waals surface area contributed by atoms with Crippen molar-refractivity contribution in [3.05, 3.63) is 108 Å². The fourth-order valence-corrected chi connectivity index (χ4v) is 6.51. The van der Waals surface area contributed by atoms with Crippen molar-refractivity contribution in [1.29, 1.82) is 0 Å². The number of carbonyl (C=O) groups is 2. The van der Waals surface area contributed by atoms with Crippen LogP contribution in [-0.4, -0.2) is 67.3 Å². The summed E-state index contributed by atoms with van der Waals surface area (Å²) in [6, 6.07) is 30.1. The van der Waals surface area contributed by atoms with Gasteiger partial charge in [0.05, 0.1) is 18.5 Å². The third-order valence-electron chi connectivity index (χ3n) is 9.08. The number of carbonyl (C=O) groups excluding carboxylic acids is 2. The van der Waals surface area contributed by atoms with E-state index in [0.717, 1.165) is 85.7 Å². The predicted molar refractivity (Wildman–Crippen MR) is 183 cm³/mol. The molecule has 0 radical (unpaired) electrons. The molecular weight excluding hydrogens is 576 g/mol. The molecule has 6 rings (SSSR count). The number of rotatable bonds is 8. The highest BCUT2D eigenvalue weighted by molar-refractivity contribution is 6.06. The SMILES string of the molecule is COC(=O)N(Cc1cccc(-c2ccc(N3CCN(c4ccccn4)CC3)c(NC(=O)c3ccccc3)c2)c1)C1CCC(N)CC1. The number of nitrogens with one attached hydrogen (secondary N) is 1. The number of benzene rings is 3. The summed E-state index contributed by atoms with van der Waals surface area (Å²) in [5.41, 5.74) is 11.5. The molecule has 2 amide bonds. The van der Waals surface area contributed by atoms with Crippen LogP contribution in [0.25, 0.3) is 11.1 Å². The van der Waals surface area contributed by atoms with Crippen LogP contribution in [0.5, 0.6) is 0 Å². The minimum Gasteiger partial charge on any atom is -0.453 e. The Morgan fingerprint density at radius 1 is 0.848 bits per heavy atom. The van der Waals surface area contributed by atoms with Gasteiger partial charge in [-0.2, -0.15) is 0 Å². The van der Waals surface area contributed by atoms with Crippen LogP contribution in [0.4, 0.5) is 22.0 Å². The van der Waals surface area contributed by atoms with Crippen LogP contribution >= 0.6 is 0 Å². The highest BCUT2D eigenvalue weighted by atomic mass is 16.5. The summed E-state index contributed by atoms with van der Waals surface area (Å²) < 4.78 is 5.18. The van der Waals surface area contributed by atoms with Crippen LogP contribution in [0.2, 0.25) is 0 Å². The minimum atomic E-state index is -0.315. The summed E-state index contributed by atoms with van der Waals surface area (Å²) in [5, 5.41) is 3.21. The normalized spacial score (nSPS) is 18.1. The Morgan fingerprint density at radius 2 is 1.57 bits per heavy atom. The first-order valence-corrected chi connectivity index (χ1v) is 16.1. The number of methoxy groups -OCH3 is 1. The number of nitrogens with two attached hydrogens (primary N) is 1. The molecule has 9 heteroatoms. The van der Waals surface area contributed by atoms with Crippen LogP contribution in [0.15, 0.2) is 97.2 Å². The van der Waals surface area contributed by atoms with E-state index in [4.69, 9.17) is 10.5 Å². The molecule has 2 heterocycles. The fourth-order valence-electron chi connectivity index (χ4n) is 6.51. The zero-order chi connectivity index (χ0) is 31.9. The molecule has 9 nitrogen and oxygen atoms in total. The summed E-state index contributed by atoms with van der Waals surface area (Å²) >= 11 is 0. The lowest BCUT2D eigenvalue weighted by Crippen LogP contribution is -2.47. The predicted octanol–water partition coefficient (Wildman–Crippen LogP) is 6.17. The van der Waals surface area contributed by atoms with E-state index in [9.17, 15) is 9.59 Å². The van der Waals surface area contributed by atoms with Crippen molar-refractivity contribution in [2.45, 2.75) is 44.3 Å². The second-order valence-corrected chi connectivity index (χ2v) is 12.1. The van der Waals surface area contributed by atoms with Crippen LogP contribution in [-0.2, 0) is 11.3 Å². The number of ether oxygens (including phenoxy) is 1. The maximum Gasteiger partial charge on any atom is 0.410 e. The Kier molecular flexibility index (Phi) is 9.79. The molecule has 46 heavy (non-hydrogen) atoms. The maximum atomic E-state index is 13.4. The molecule has 0 unspecified atom stereocenters. The van der Waals surface area contributed by atoms with Crippen LogP contribution < -0.4 is 20.9 Å². The van der Waals surface area contributed by atoms with Crippen LogP contribution in [0, 0.1) is 0 Å². The summed E-state index contributed by atoms with van der Waals surface area (Å²) in [7, 11) is 1.44. The highest BCUT2D eigenvalue weighted by Crippen LogP contribution is 2.34. The van der Waals surface area contributed by atoms with Gasteiger partial charge in [0.2, 0.25) is 0 Å². The van der Waals surface area contributed by atoms with Crippen molar-refractivity contribution >= 4 is 29.2 Å². The molecule has 1 saturated carbocycles. The molecule has 1 saturated heterocycles. The van der Waals surface area contributed by atoms with Gasteiger partial charge in [0.25, 0.3) is 5.91 Å². The summed E-state index contributed by atoms with van der Waals surface area (Å²) in [6.07, 6.45) is 5.06. The van der Waals surface area contributed by atoms with Gasteiger partial charge in [-0.3, -0.25) is 4.79 Å². The average Bonchev–Trinajstić information content (AvgIpc) is 3.11. The van der Waals surface area contributed by atoms with Crippen molar-refractivity contribution in [3.8, 4) is 11.1 Å². The molecule has 2 fully saturated rings. The first-order chi connectivity index (χ1) is 22.5. The molecule has 3 aromatic carbocycles. The van der Waals surface area contributed by atoms with Crippen molar-refractivity contribution in [1.82, 2.24) is 9.88 Å². The lowest BCUT2D eigenvalue weighted by Gasteiger charge is -2.37. The average molecular weight is 619 g/mol. The number of aromatic nitrogens is 1. The van der Waals surface area contributed by atoms with Crippen molar-refractivity contribution in [2.24, 2.45) is 5.73 Å². The van der Waals surface area contributed by atoms with E-state index in [1.807, 2.05) is 71.8 Å². The number of pyridine rings is 1. The van der Waals surface area contributed by atoms with Crippen LogP contribution in [0.1, 0.15) is 41.6 Å². The molecule has 0 spiro atoms. The Labute approximate surface area is 271 Å². The first-order valence-electron chi connectivity index (χ1n) is 16.1. The number of amides is 2. The van der Waals surface area contributed by atoms with Crippen molar-refractivity contribution in [2.75, 3.05) is 48.4 Å². The van der Waals surface area contributed by atoms with Gasteiger partial charge < -0.3 is 30.5 Å². The summed E-state index contributed by atoms with van der Waals surface area (Å²) in [6.45, 7) is 3.72. The van der Waals surface area contributed by atoms with Gasteiger partial charge >= 0.3 is 6.09 Å². The molecule has 1 aromatic heterocycles. The summed E-state index contributed by atoms with van der Waals surface area (Å²) in [4.78, 5) is 37.2. The fraction of sp³-hybridized carbons (Fsp3) is 0.324. The first kappa shape index (κ1) is 31.1. The standard InChI is InChI=1S/C37H42N6O3/c1-46-37(45)43(32-16-14-31(38)15-17-32)26-27-8-7-11-29(24-27)30-13-18-34(33(25-30)40-36(44)28-9-3-2-4-10-28)41-20-22-42(23-21-41)35-12-5-6-19-39-35/h2-13,18-19,24-25,31-32H,14-17,20-23,26,38H2,1H3,(H,40,44). The van der Waals surface area contributed by atoms with Gasteiger partial charge in [0, 0.05) is 56.6 Å². The topological polar surface area (TPSA) is 104 Å². The molecule has 238 valence electrons. The van der Waals surface area contributed by atoms with Crippen molar-refractivity contribution in [3.63, 3.8) is 0 Å². The molecule has 0 atom stereocenters. The molecule has 1 aliphatic heterocycles. The largest absolute Gasteiger partial charge is 0.453 e. The third kappa shape index (κ3) is 7.32. The quantitative estimate of drug-likeness (QED) is 0.244. The summed E-state index contributed by atoms with van der Waals surface area (Å²) in [5.74, 6) is 0.827. The Hall–Kier alpha value is -4.89. The Balaban J connectivity index is 1.26. The second-order valence-electron chi connectivity index (χ2n) is 12.1.